The molecular formula is C27H25N4O3+. The van der Waals surface area contributed by atoms with Gasteiger partial charge in [-0.25, -0.2) is 4.98 Å². The molecule has 0 unspecified atom stereocenters. The van der Waals surface area contributed by atoms with Crippen LogP contribution < -0.4 is 19.3 Å². The normalized spacial score (nSPS) is 15.6. The first-order chi connectivity index (χ1) is 16.8. The van der Waals surface area contributed by atoms with E-state index in [9.17, 15) is 5.26 Å². The molecule has 2 aliphatic heterocycles. The zero-order valence-corrected chi connectivity index (χ0v) is 18.8. The van der Waals surface area contributed by atoms with Crippen molar-refractivity contribution < 1.29 is 18.8 Å². The molecule has 3 heterocycles. The van der Waals surface area contributed by atoms with Crippen LogP contribution in [-0.2, 0) is 13.0 Å². The molecule has 1 N–H and O–H groups in total. The number of rotatable bonds is 5. The predicted molar refractivity (Wildman–Crippen MR) is 127 cm³/mol. The number of benzene rings is 3. The van der Waals surface area contributed by atoms with Crippen LogP contribution in [0, 0.1) is 11.3 Å². The molecule has 1 saturated heterocycles. The summed E-state index contributed by atoms with van der Waals surface area (Å²) in [5, 5.41) is 12.1. The molecule has 1 fully saturated rings. The molecule has 0 radical (unpaired) electrons. The molecule has 7 nitrogen and oxygen atoms in total. The van der Waals surface area contributed by atoms with Crippen molar-refractivity contribution in [2.75, 3.05) is 37.9 Å². The molecule has 0 spiro atoms. The van der Waals surface area contributed by atoms with Crippen molar-refractivity contribution in [1.82, 2.24) is 4.98 Å². The highest BCUT2D eigenvalue weighted by molar-refractivity contribution is 5.85. The topological polar surface area (TPSA) is 76.0 Å². The van der Waals surface area contributed by atoms with Crippen molar-refractivity contribution >= 4 is 16.7 Å². The number of nitriles is 1. The first kappa shape index (κ1) is 20.6. The SMILES string of the molecule is N#Cc1nc(Cc2cccc3ccccc23)oc1N1CC[NH+](Cc2ccc3c(c2)OCO3)CC1. The number of anilines is 1. The second-order valence-electron chi connectivity index (χ2n) is 8.79. The summed E-state index contributed by atoms with van der Waals surface area (Å²) in [5.41, 5.74) is 2.75. The minimum atomic E-state index is 0.297. The third kappa shape index (κ3) is 3.93. The Kier molecular flexibility index (Phi) is 5.28. The van der Waals surface area contributed by atoms with Crippen LogP contribution in [-0.4, -0.2) is 38.0 Å². The van der Waals surface area contributed by atoms with Gasteiger partial charge in [0.2, 0.25) is 24.3 Å². The zero-order valence-electron chi connectivity index (χ0n) is 18.8. The third-order valence-electron chi connectivity index (χ3n) is 6.63. The molecule has 34 heavy (non-hydrogen) atoms. The van der Waals surface area contributed by atoms with E-state index >= 15 is 0 Å². The van der Waals surface area contributed by atoms with Gasteiger partial charge in [-0.1, -0.05) is 42.5 Å². The summed E-state index contributed by atoms with van der Waals surface area (Å²) >= 11 is 0. The Morgan fingerprint density at radius 1 is 0.971 bits per heavy atom. The Morgan fingerprint density at radius 2 is 1.79 bits per heavy atom. The average Bonchev–Trinajstić information content (AvgIpc) is 3.51. The summed E-state index contributed by atoms with van der Waals surface area (Å²) in [4.78, 5) is 8.17. The highest BCUT2D eigenvalue weighted by Crippen LogP contribution is 2.32. The first-order valence-electron chi connectivity index (χ1n) is 11.6. The minimum absolute atomic E-state index is 0.297. The van der Waals surface area contributed by atoms with Crippen LogP contribution in [0.2, 0.25) is 0 Å². The van der Waals surface area contributed by atoms with Gasteiger partial charge in [-0.15, -0.1) is 0 Å². The predicted octanol–water partition coefficient (Wildman–Crippen LogP) is 2.92. The van der Waals surface area contributed by atoms with Gasteiger partial charge in [-0.3, -0.25) is 0 Å². The maximum atomic E-state index is 9.70. The molecule has 4 aromatic rings. The Labute approximate surface area is 197 Å². The van der Waals surface area contributed by atoms with E-state index in [1.165, 1.54) is 21.2 Å². The van der Waals surface area contributed by atoms with Gasteiger partial charge >= 0.3 is 0 Å². The third-order valence-corrected chi connectivity index (χ3v) is 6.63. The number of quaternary nitrogens is 1. The van der Waals surface area contributed by atoms with Crippen LogP contribution in [0.4, 0.5) is 5.88 Å². The van der Waals surface area contributed by atoms with E-state index in [1.807, 2.05) is 18.2 Å². The van der Waals surface area contributed by atoms with Gasteiger partial charge in [0, 0.05) is 5.56 Å². The maximum Gasteiger partial charge on any atom is 0.235 e. The van der Waals surface area contributed by atoms with Crippen LogP contribution in [0.25, 0.3) is 10.8 Å². The summed E-state index contributed by atoms with van der Waals surface area (Å²) in [6.07, 6.45) is 0.561. The lowest BCUT2D eigenvalue weighted by molar-refractivity contribution is -0.914. The van der Waals surface area contributed by atoms with Crippen molar-refractivity contribution in [3.8, 4) is 17.6 Å². The summed E-state index contributed by atoms with van der Waals surface area (Å²) in [6.45, 7) is 4.77. The molecule has 0 aliphatic carbocycles. The van der Waals surface area contributed by atoms with E-state index in [0.717, 1.165) is 49.8 Å². The molecule has 0 saturated carbocycles. The van der Waals surface area contributed by atoms with E-state index in [2.05, 4.69) is 58.4 Å². The van der Waals surface area contributed by atoms with Gasteiger partial charge in [0.05, 0.1) is 32.6 Å². The van der Waals surface area contributed by atoms with Crippen LogP contribution in [0.5, 0.6) is 11.5 Å². The number of fused-ring (bicyclic) bond motifs is 2. The lowest BCUT2D eigenvalue weighted by Gasteiger charge is -2.32. The highest BCUT2D eigenvalue weighted by atomic mass is 16.7. The first-order valence-corrected chi connectivity index (χ1v) is 11.6. The van der Waals surface area contributed by atoms with E-state index in [1.54, 1.807) is 0 Å². The summed E-state index contributed by atoms with van der Waals surface area (Å²) in [5.74, 6) is 2.82. The van der Waals surface area contributed by atoms with Crippen LogP contribution in [0.1, 0.15) is 22.7 Å². The molecule has 1 aromatic heterocycles. The fourth-order valence-corrected chi connectivity index (χ4v) is 4.87. The fraction of sp³-hybridized carbons (Fsp3) is 0.259. The average molecular weight is 454 g/mol. The van der Waals surface area contributed by atoms with Gasteiger partial charge in [-0.05, 0) is 34.5 Å². The monoisotopic (exact) mass is 453 g/mol. The van der Waals surface area contributed by atoms with E-state index in [4.69, 9.17) is 13.9 Å². The number of hydrogen-bond acceptors (Lipinski definition) is 6. The summed E-state index contributed by atoms with van der Waals surface area (Å²) in [7, 11) is 0. The van der Waals surface area contributed by atoms with E-state index in [-0.39, 0.29) is 0 Å². The summed E-state index contributed by atoms with van der Waals surface area (Å²) in [6, 6.07) is 22.9. The second-order valence-corrected chi connectivity index (χ2v) is 8.79. The molecular weight excluding hydrogens is 428 g/mol. The standard InChI is InChI=1S/C27H24N4O3/c28-16-23-27(34-26(29-23)15-21-6-3-5-20-4-1-2-7-22(20)21)31-12-10-30(11-13-31)17-19-8-9-24-25(14-19)33-18-32-24/h1-9,14H,10-13,15,17-18H2/p+1. The van der Waals surface area contributed by atoms with E-state index < -0.39 is 0 Å². The number of nitrogens with one attached hydrogen (secondary N) is 1. The number of nitrogens with zero attached hydrogens (tertiary/aromatic N) is 3. The molecule has 0 amide bonds. The maximum absolute atomic E-state index is 9.70. The quantitative estimate of drug-likeness (QED) is 0.501. The smallest absolute Gasteiger partial charge is 0.235 e. The number of hydrogen-bond donors (Lipinski definition) is 1. The lowest BCUT2D eigenvalue weighted by Crippen LogP contribution is -3.13. The minimum Gasteiger partial charge on any atom is -0.454 e. The van der Waals surface area contributed by atoms with Gasteiger partial charge in [0.15, 0.2) is 11.5 Å². The number of piperazine rings is 1. The lowest BCUT2D eigenvalue weighted by atomic mass is 10.0. The van der Waals surface area contributed by atoms with Gasteiger partial charge in [0.1, 0.15) is 12.6 Å². The Balaban J connectivity index is 1.14. The van der Waals surface area contributed by atoms with Crippen molar-refractivity contribution in [3.05, 3.63) is 83.4 Å². The molecule has 6 rings (SSSR count). The van der Waals surface area contributed by atoms with Gasteiger partial charge < -0.3 is 23.7 Å². The Morgan fingerprint density at radius 3 is 2.68 bits per heavy atom. The zero-order chi connectivity index (χ0) is 22.9. The molecule has 0 atom stereocenters. The van der Waals surface area contributed by atoms with Gasteiger partial charge in [0.25, 0.3) is 0 Å². The van der Waals surface area contributed by atoms with Crippen molar-refractivity contribution in [2.45, 2.75) is 13.0 Å². The van der Waals surface area contributed by atoms with Crippen LogP contribution >= 0.6 is 0 Å². The van der Waals surface area contributed by atoms with Crippen molar-refractivity contribution in [2.24, 2.45) is 0 Å². The van der Waals surface area contributed by atoms with Crippen molar-refractivity contribution in [1.29, 1.82) is 5.26 Å². The fourth-order valence-electron chi connectivity index (χ4n) is 4.87. The van der Waals surface area contributed by atoms with Crippen LogP contribution in [0.3, 0.4) is 0 Å². The molecule has 3 aromatic carbocycles. The number of oxazole rings is 1. The largest absolute Gasteiger partial charge is 0.454 e. The molecule has 7 heteroatoms. The Bertz CT molecular complexity index is 1380. The Hall–Kier alpha value is -4.02. The van der Waals surface area contributed by atoms with Crippen molar-refractivity contribution in [3.63, 3.8) is 0 Å². The highest BCUT2D eigenvalue weighted by Gasteiger charge is 2.27. The van der Waals surface area contributed by atoms with Gasteiger partial charge in [-0.2, -0.15) is 5.26 Å². The molecule has 2 aliphatic rings. The molecule has 170 valence electrons. The number of aromatic nitrogens is 1. The van der Waals surface area contributed by atoms with E-state index in [0.29, 0.717) is 30.7 Å². The van der Waals surface area contributed by atoms with Crippen LogP contribution in [0.15, 0.2) is 65.1 Å². The molecule has 0 bridgehead atoms. The second kappa shape index (κ2) is 8.73. The number of ether oxygens (including phenoxy) is 2. The summed E-state index contributed by atoms with van der Waals surface area (Å²) < 4.78 is 17.1.